The number of thioether (sulfide) groups is 1. The van der Waals surface area contributed by atoms with Crippen LogP contribution in [-0.4, -0.2) is 17.2 Å². The van der Waals surface area contributed by atoms with Crippen molar-refractivity contribution in [3.05, 3.63) is 36.9 Å². The van der Waals surface area contributed by atoms with Crippen LogP contribution >= 0.6 is 24.0 Å². The number of hydrogen-bond acceptors (Lipinski definition) is 3. The lowest BCUT2D eigenvalue weighted by atomic mass is 10.3. The van der Waals surface area contributed by atoms with Crippen LogP contribution in [0.1, 0.15) is 0 Å². The summed E-state index contributed by atoms with van der Waals surface area (Å²) < 4.78 is 5.81. The van der Waals surface area contributed by atoms with E-state index in [0.29, 0.717) is 0 Å². The van der Waals surface area contributed by atoms with Crippen molar-refractivity contribution in [2.75, 3.05) is 18.2 Å². The van der Waals surface area contributed by atoms with Gasteiger partial charge in [0.15, 0.2) is 0 Å². The van der Waals surface area contributed by atoms with Gasteiger partial charge in [0.25, 0.3) is 0 Å². The van der Waals surface area contributed by atoms with Crippen LogP contribution in [0.4, 0.5) is 5.69 Å². The maximum absolute atomic E-state index is 5.14. The van der Waals surface area contributed by atoms with Crippen molar-refractivity contribution in [3.8, 4) is 5.75 Å². The highest BCUT2D eigenvalue weighted by atomic mass is 32.2. The summed E-state index contributed by atoms with van der Waals surface area (Å²) >= 11 is 6.69. The molecule has 0 aliphatic carbocycles. The Kier molecular flexibility index (Phi) is 5.21. The molecule has 80 valence electrons. The van der Waals surface area contributed by atoms with Gasteiger partial charge < -0.3 is 10.1 Å². The molecule has 1 aromatic carbocycles. The van der Waals surface area contributed by atoms with Gasteiger partial charge in [-0.25, -0.2) is 0 Å². The Hall–Kier alpha value is -1.00. The van der Waals surface area contributed by atoms with Gasteiger partial charge in [0.05, 0.1) is 7.11 Å². The molecule has 0 heterocycles. The van der Waals surface area contributed by atoms with Crippen LogP contribution in [0.25, 0.3) is 0 Å². The summed E-state index contributed by atoms with van der Waals surface area (Å²) in [6, 6.07) is 7.64. The van der Waals surface area contributed by atoms with E-state index in [-0.39, 0.29) is 0 Å². The zero-order valence-corrected chi connectivity index (χ0v) is 10.2. The van der Waals surface area contributed by atoms with Crippen LogP contribution in [0.2, 0.25) is 0 Å². The van der Waals surface area contributed by atoms with Crippen LogP contribution in [0.5, 0.6) is 5.75 Å². The van der Waals surface area contributed by atoms with Crippen molar-refractivity contribution in [2.45, 2.75) is 0 Å². The summed E-state index contributed by atoms with van der Waals surface area (Å²) in [4.78, 5) is 0. The molecule has 0 aliphatic heterocycles. The van der Waals surface area contributed by atoms with Gasteiger partial charge >= 0.3 is 0 Å². The van der Waals surface area contributed by atoms with Gasteiger partial charge in [-0.2, -0.15) is 0 Å². The van der Waals surface area contributed by atoms with E-state index in [9.17, 15) is 0 Å². The van der Waals surface area contributed by atoms with Gasteiger partial charge in [-0.15, -0.1) is 6.58 Å². The van der Waals surface area contributed by atoms with Crippen LogP contribution < -0.4 is 10.1 Å². The quantitative estimate of drug-likeness (QED) is 0.642. The smallest absolute Gasteiger partial charge is 0.138 e. The van der Waals surface area contributed by atoms with Crippen molar-refractivity contribution >= 4 is 34.0 Å². The normalized spacial score (nSPS) is 9.40. The molecule has 0 fully saturated rings. The molecule has 0 saturated heterocycles. The lowest BCUT2D eigenvalue weighted by Crippen LogP contribution is -2.04. The molecule has 1 rings (SSSR count). The van der Waals surface area contributed by atoms with Gasteiger partial charge in [-0.3, -0.25) is 0 Å². The van der Waals surface area contributed by atoms with E-state index in [2.05, 4.69) is 11.9 Å². The Balaban J connectivity index is 2.49. The van der Waals surface area contributed by atoms with Gasteiger partial charge in [0.1, 0.15) is 10.1 Å². The maximum atomic E-state index is 5.14. The molecule has 0 spiro atoms. The van der Waals surface area contributed by atoms with Crippen molar-refractivity contribution in [1.82, 2.24) is 0 Å². The molecule has 0 bridgehead atoms. The Morgan fingerprint density at radius 2 is 2.20 bits per heavy atom. The molecule has 2 nitrogen and oxygen atoms in total. The Bertz CT molecular complexity index is 335. The van der Waals surface area contributed by atoms with Crippen molar-refractivity contribution in [3.63, 3.8) is 0 Å². The van der Waals surface area contributed by atoms with Gasteiger partial charge in [0, 0.05) is 11.4 Å². The number of ether oxygens (including phenoxy) is 1. The number of methoxy groups -OCH3 is 1. The third-order valence-electron chi connectivity index (χ3n) is 1.67. The molecule has 1 N–H and O–H groups in total. The van der Waals surface area contributed by atoms with E-state index in [1.165, 1.54) is 0 Å². The first-order chi connectivity index (χ1) is 7.26. The average Bonchev–Trinajstić information content (AvgIpc) is 2.27. The predicted molar refractivity (Wildman–Crippen MR) is 71.9 cm³/mol. The summed E-state index contributed by atoms with van der Waals surface area (Å²) in [6.45, 7) is 3.64. The van der Waals surface area contributed by atoms with Gasteiger partial charge in [-0.1, -0.05) is 30.1 Å². The third-order valence-corrected chi connectivity index (χ3v) is 2.89. The minimum absolute atomic E-state index is 0.750. The second kappa shape index (κ2) is 6.48. The minimum Gasteiger partial charge on any atom is -0.497 e. The predicted octanol–water partition coefficient (Wildman–Crippen LogP) is 3.31. The first kappa shape index (κ1) is 12.1. The first-order valence-corrected chi connectivity index (χ1v) is 5.84. The van der Waals surface area contributed by atoms with Crippen LogP contribution in [-0.2, 0) is 0 Å². The summed E-state index contributed by atoms with van der Waals surface area (Å²) in [6.07, 6.45) is 1.83. The fraction of sp³-hybridized carbons (Fsp3) is 0.182. The first-order valence-electron chi connectivity index (χ1n) is 4.45. The molecule has 15 heavy (non-hydrogen) atoms. The lowest BCUT2D eigenvalue weighted by molar-refractivity contribution is 0.415. The number of thiocarbonyl (C=S) groups is 1. The SMILES string of the molecule is C=CCSC(=S)Nc1ccc(OC)cc1. The Morgan fingerprint density at radius 3 is 2.73 bits per heavy atom. The molecule has 0 aromatic heterocycles. The second-order valence-corrected chi connectivity index (χ2v) is 4.44. The maximum Gasteiger partial charge on any atom is 0.138 e. The number of hydrogen-bond donors (Lipinski definition) is 1. The number of nitrogens with one attached hydrogen (secondary N) is 1. The highest BCUT2D eigenvalue weighted by molar-refractivity contribution is 8.23. The highest BCUT2D eigenvalue weighted by Gasteiger charge is 1.97. The Labute approximate surface area is 99.7 Å². The van der Waals surface area contributed by atoms with Crippen molar-refractivity contribution in [2.24, 2.45) is 0 Å². The molecule has 0 radical (unpaired) electrons. The van der Waals surface area contributed by atoms with E-state index in [0.717, 1.165) is 21.5 Å². The van der Waals surface area contributed by atoms with E-state index >= 15 is 0 Å². The molecular formula is C11H13NOS2. The standard InChI is InChI=1S/C11H13NOS2/c1-3-8-15-11(14)12-9-4-6-10(13-2)7-5-9/h3-7H,1,8H2,2H3,(H,12,14). The summed E-state index contributed by atoms with van der Waals surface area (Å²) in [7, 11) is 1.65. The van der Waals surface area contributed by atoms with Gasteiger partial charge in [-0.05, 0) is 24.3 Å². The molecule has 1 aromatic rings. The monoisotopic (exact) mass is 239 g/mol. The number of rotatable bonds is 4. The Morgan fingerprint density at radius 1 is 1.53 bits per heavy atom. The summed E-state index contributed by atoms with van der Waals surface area (Å²) in [5.41, 5.74) is 0.970. The topological polar surface area (TPSA) is 21.3 Å². The van der Waals surface area contributed by atoms with Crippen LogP contribution in [0, 0.1) is 0 Å². The zero-order chi connectivity index (χ0) is 11.1. The van der Waals surface area contributed by atoms with Crippen molar-refractivity contribution in [1.29, 1.82) is 0 Å². The average molecular weight is 239 g/mol. The van der Waals surface area contributed by atoms with E-state index in [4.69, 9.17) is 17.0 Å². The number of benzene rings is 1. The van der Waals surface area contributed by atoms with Crippen molar-refractivity contribution < 1.29 is 4.74 Å². The molecule has 4 heteroatoms. The molecule has 0 amide bonds. The summed E-state index contributed by atoms with van der Waals surface area (Å²) in [5.74, 6) is 1.66. The zero-order valence-electron chi connectivity index (χ0n) is 8.53. The molecule has 0 atom stereocenters. The minimum atomic E-state index is 0.750. The van der Waals surface area contributed by atoms with E-state index < -0.39 is 0 Å². The second-order valence-electron chi connectivity index (χ2n) is 2.74. The van der Waals surface area contributed by atoms with Crippen LogP contribution in [0.3, 0.4) is 0 Å². The summed E-state index contributed by atoms with van der Waals surface area (Å²) in [5, 5.41) is 3.12. The largest absolute Gasteiger partial charge is 0.497 e. The molecule has 0 aliphatic rings. The fourth-order valence-corrected chi connectivity index (χ4v) is 1.74. The van der Waals surface area contributed by atoms with Crippen LogP contribution in [0.15, 0.2) is 36.9 Å². The molecule has 0 unspecified atom stereocenters. The number of anilines is 1. The lowest BCUT2D eigenvalue weighted by Gasteiger charge is -2.06. The highest BCUT2D eigenvalue weighted by Crippen LogP contribution is 2.16. The molecule has 0 saturated carbocycles. The molecular weight excluding hydrogens is 226 g/mol. The van der Waals surface area contributed by atoms with Gasteiger partial charge in [0.2, 0.25) is 0 Å². The van der Waals surface area contributed by atoms with E-state index in [1.807, 2.05) is 30.3 Å². The van der Waals surface area contributed by atoms with E-state index in [1.54, 1.807) is 18.9 Å². The fourth-order valence-electron chi connectivity index (χ4n) is 0.963. The third kappa shape index (κ3) is 4.36.